The van der Waals surface area contributed by atoms with Crippen molar-refractivity contribution in [2.75, 3.05) is 12.9 Å². The maximum atomic E-state index is 11.5. The lowest BCUT2D eigenvalue weighted by Gasteiger charge is -2.13. The van der Waals surface area contributed by atoms with Gasteiger partial charge in [-0.15, -0.1) is 0 Å². The number of aliphatic hydroxyl groups is 1. The maximum absolute atomic E-state index is 11.5. The minimum atomic E-state index is -3.54. The summed E-state index contributed by atoms with van der Waals surface area (Å²) in [5, 5.41) is 11.3. The predicted octanol–water partition coefficient (Wildman–Crippen LogP) is 3.03. The number of ether oxygens (including phenoxy) is 1. The van der Waals surface area contributed by atoms with Gasteiger partial charge in [0.25, 0.3) is 0 Å². The molecule has 144 valence electrons. The number of benzene rings is 2. The SMILES string of the molecule is Cc1cccc(OCCCc2c(C(O)NS(C)(=O)=O)[nH]c3ccccc23)c1. The van der Waals surface area contributed by atoms with Crippen LogP contribution in [0.5, 0.6) is 5.75 Å². The van der Waals surface area contributed by atoms with Crippen LogP contribution in [0.4, 0.5) is 0 Å². The molecule has 3 N–H and O–H groups in total. The summed E-state index contributed by atoms with van der Waals surface area (Å²) in [6, 6.07) is 15.5. The molecular formula is C20H24N2O4S. The first kappa shape index (κ1) is 19.4. The van der Waals surface area contributed by atoms with E-state index in [2.05, 4.69) is 9.71 Å². The zero-order valence-corrected chi connectivity index (χ0v) is 16.2. The van der Waals surface area contributed by atoms with Gasteiger partial charge in [0.05, 0.1) is 18.6 Å². The number of hydrogen-bond acceptors (Lipinski definition) is 4. The van der Waals surface area contributed by atoms with Gasteiger partial charge in [-0.1, -0.05) is 30.3 Å². The number of nitrogens with one attached hydrogen (secondary N) is 2. The molecule has 0 aliphatic heterocycles. The van der Waals surface area contributed by atoms with Crippen molar-refractivity contribution in [1.82, 2.24) is 9.71 Å². The van der Waals surface area contributed by atoms with Crippen molar-refractivity contribution in [3.63, 3.8) is 0 Å². The molecule has 27 heavy (non-hydrogen) atoms. The van der Waals surface area contributed by atoms with Gasteiger partial charge in [-0.05, 0) is 49.1 Å². The fourth-order valence-electron chi connectivity index (χ4n) is 3.13. The number of aryl methyl sites for hydroxylation is 2. The Morgan fingerprint density at radius 2 is 1.96 bits per heavy atom. The number of para-hydroxylation sites is 1. The number of aromatic nitrogens is 1. The van der Waals surface area contributed by atoms with Crippen LogP contribution in [0.3, 0.4) is 0 Å². The van der Waals surface area contributed by atoms with E-state index in [4.69, 9.17) is 4.74 Å². The number of sulfonamides is 1. The Kier molecular flexibility index (Phi) is 5.84. The average molecular weight is 388 g/mol. The van der Waals surface area contributed by atoms with Crippen LogP contribution < -0.4 is 9.46 Å². The number of H-pyrrole nitrogens is 1. The number of hydrogen-bond donors (Lipinski definition) is 3. The summed E-state index contributed by atoms with van der Waals surface area (Å²) in [6.07, 6.45) is 1.08. The van der Waals surface area contributed by atoms with Crippen molar-refractivity contribution in [2.24, 2.45) is 0 Å². The molecule has 1 aromatic heterocycles. The van der Waals surface area contributed by atoms with Gasteiger partial charge in [-0.3, -0.25) is 0 Å². The van der Waals surface area contributed by atoms with E-state index < -0.39 is 16.3 Å². The van der Waals surface area contributed by atoms with Crippen molar-refractivity contribution in [1.29, 1.82) is 0 Å². The summed E-state index contributed by atoms with van der Waals surface area (Å²) >= 11 is 0. The molecule has 3 rings (SSSR count). The average Bonchev–Trinajstić information content (AvgIpc) is 2.96. The van der Waals surface area contributed by atoms with E-state index in [1.807, 2.05) is 55.5 Å². The van der Waals surface area contributed by atoms with Crippen LogP contribution in [-0.2, 0) is 16.4 Å². The normalized spacial score (nSPS) is 13.0. The highest BCUT2D eigenvalue weighted by Gasteiger charge is 2.20. The van der Waals surface area contributed by atoms with E-state index in [1.54, 1.807) is 0 Å². The molecule has 0 amide bonds. The quantitative estimate of drug-likeness (QED) is 0.409. The summed E-state index contributed by atoms with van der Waals surface area (Å²) in [7, 11) is -3.54. The third kappa shape index (κ3) is 5.09. The smallest absolute Gasteiger partial charge is 0.211 e. The lowest BCUT2D eigenvalue weighted by molar-refractivity contribution is 0.161. The fraction of sp³-hybridized carbons (Fsp3) is 0.300. The second-order valence-corrected chi connectivity index (χ2v) is 8.40. The first-order chi connectivity index (χ1) is 12.8. The zero-order chi connectivity index (χ0) is 19.4. The largest absolute Gasteiger partial charge is 0.494 e. The van der Waals surface area contributed by atoms with E-state index >= 15 is 0 Å². The Morgan fingerprint density at radius 1 is 1.19 bits per heavy atom. The molecule has 7 heteroatoms. The molecular weight excluding hydrogens is 364 g/mol. The lowest BCUT2D eigenvalue weighted by atomic mass is 10.1. The summed E-state index contributed by atoms with van der Waals surface area (Å²) in [5.74, 6) is 0.827. The predicted molar refractivity (Wildman–Crippen MR) is 106 cm³/mol. The van der Waals surface area contributed by atoms with Crippen LogP contribution in [0.1, 0.15) is 29.5 Å². The molecule has 1 heterocycles. The van der Waals surface area contributed by atoms with Gasteiger partial charge in [0.2, 0.25) is 10.0 Å². The molecule has 0 aliphatic carbocycles. The molecule has 1 unspecified atom stereocenters. The number of aromatic amines is 1. The Bertz CT molecular complexity index is 1030. The number of rotatable bonds is 8. The molecule has 0 fully saturated rings. The van der Waals surface area contributed by atoms with Crippen molar-refractivity contribution in [2.45, 2.75) is 26.0 Å². The molecule has 0 bridgehead atoms. The third-order valence-electron chi connectivity index (χ3n) is 4.28. The molecule has 6 nitrogen and oxygen atoms in total. The molecule has 0 saturated heterocycles. The molecule has 0 spiro atoms. The monoisotopic (exact) mass is 388 g/mol. The first-order valence-electron chi connectivity index (χ1n) is 8.78. The van der Waals surface area contributed by atoms with E-state index in [1.165, 1.54) is 0 Å². The summed E-state index contributed by atoms with van der Waals surface area (Å²) in [6.45, 7) is 2.54. The summed E-state index contributed by atoms with van der Waals surface area (Å²) < 4.78 is 31.0. The van der Waals surface area contributed by atoms with E-state index in [0.29, 0.717) is 18.7 Å². The van der Waals surface area contributed by atoms with Crippen LogP contribution in [0, 0.1) is 6.92 Å². The second-order valence-electron chi connectivity index (χ2n) is 6.62. The van der Waals surface area contributed by atoms with E-state index in [-0.39, 0.29) is 0 Å². The maximum Gasteiger partial charge on any atom is 0.211 e. The molecule has 1 atom stereocenters. The van der Waals surface area contributed by atoms with Crippen molar-refractivity contribution in [3.05, 3.63) is 65.4 Å². The molecule has 3 aromatic rings. The van der Waals surface area contributed by atoms with Crippen LogP contribution in [0.15, 0.2) is 48.5 Å². The molecule has 2 aromatic carbocycles. The Hall–Kier alpha value is -2.35. The zero-order valence-electron chi connectivity index (χ0n) is 15.4. The van der Waals surface area contributed by atoms with Crippen LogP contribution >= 0.6 is 0 Å². The van der Waals surface area contributed by atoms with Gasteiger partial charge < -0.3 is 14.8 Å². The first-order valence-corrected chi connectivity index (χ1v) is 10.7. The summed E-state index contributed by atoms with van der Waals surface area (Å²) in [4.78, 5) is 3.13. The Balaban J connectivity index is 1.75. The minimum Gasteiger partial charge on any atom is -0.494 e. The third-order valence-corrected chi connectivity index (χ3v) is 4.93. The topological polar surface area (TPSA) is 91.4 Å². The number of fused-ring (bicyclic) bond motifs is 1. The van der Waals surface area contributed by atoms with E-state index in [9.17, 15) is 13.5 Å². The minimum absolute atomic E-state index is 0.470. The lowest BCUT2D eigenvalue weighted by Crippen LogP contribution is -2.28. The van der Waals surface area contributed by atoms with Crippen molar-refractivity contribution in [3.8, 4) is 5.75 Å². The molecule has 0 saturated carbocycles. The standard InChI is InChI=1S/C20H24N2O4S/c1-14-7-5-8-15(13-14)26-12-6-10-17-16-9-3-4-11-18(16)21-19(17)20(23)22-27(2,24)25/h3-5,7-9,11,13,20-23H,6,10,12H2,1-2H3. The van der Waals surface area contributed by atoms with Gasteiger partial charge in [-0.25, -0.2) is 8.42 Å². The Labute approximate surface area is 159 Å². The van der Waals surface area contributed by atoms with Gasteiger partial charge in [0, 0.05) is 10.9 Å². The highest BCUT2D eigenvalue weighted by Crippen LogP contribution is 2.27. The van der Waals surface area contributed by atoms with Crippen LogP contribution in [-0.4, -0.2) is 31.4 Å². The number of aliphatic hydroxyl groups excluding tert-OH is 1. The van der Waals surface area contributed by atoms with Crippen molar-refractivity contribution < 1.29 is 18.3 Å². The highest BCUT2D eigenvalue weighted by molar-refractivity contribution is 7.88. The van der Waals surface area contributed by atoms with E-state index in [0.717, 1.165) is 40.5 Å². The van der Waals surface area contributed by atoms with Crippen molar-refractivity contribution >= 4 is 20.9 Å². The Morgan fingerprint density at radius 3 is 2.70 bits per heavy atom. The highest BCUT2D eigenvalue weighted by atomic mass is 32.2. The molecule has 0 aliphatic rings. The summed E-state index contributed by atoms with van der Waals surface area (Å²) in [5.41, 5.74) is 3.36. The second kappa shape index (κ2) is 8.12. The van der Waals surface area contributed by atoms with Gasteiger partial charge in [0.1, 0.15) is 5.75 Å². The van der Waals surface area contributed by atoms with Crippen LogP contribution in [0.25, 0.3) is 10.9 Å². The van der Waals surface area contributed by atoms with Gasteiger partial charge in [0.15, 0.2) is 6.23 Å². The van der Waals surface area contributed by atoms with Gasteiger partial charge >= 0.3 is 0 Å². The fourth-order valence-corrected chi connectivity index (χ4v) is 3.65. The van der Waals surface area contributed by atoms with Crippen LogP contribution in [0.2, 0.25) is 0 Å². The van der Waals surface area contributed by atoms with Gasteiger partial charge in [-0.2, -0.15) is 4.72 Å². The molecule has 0 radical (unpaired) electrons.